The molecule has 1 aromatic carbocycles. The normalized spacial score (nSPS) is 11.7. The monoisotopic (exact) mass is 299 g/mol. The molecule has 108 valence electrons. The second-order valence-electron chi connectivity index (χ2n) is 4.23. The van der Waals surface area contributed by atoms with Gasteiger partial charge in [-0.15, -0.1) is 0 Å². The van der Waals surface area contributed by atoms with E-state index in [0.29, 0.717) is 5.56 Å². The Bertz CT molecular complexity index is 544. The molecule has 1 aromatic rings. The molecule has 3 N–H and O–H groups in total. The van der Waals surface area contributed by atoms with Crippen molar-refractivity contribution in [3.63, 3.8) is 0 Å². The van der Waals surface area contributed by atoms with E-state index in [1.807, 2.05) is 0 Å². The van der Waals surface area contributed by atoms with Crippen molar-refractivity contribution < 1.29 is 24.6 Å². The number of aliphatic carboxylic acids is 2. The summed E-state index contributed by atoms with van der Waals surface area (Å²) in [7, 11) is 0. The van der Waals surface area contributed by atoms with Crippen molar-refractivity contribution in [2.24, 2.45) is 0 Å². The van der Waals surface area contributed by atoms with Crippen LogP contribution in [-0.2, 0) is 9.59 Å². The Morgan fingerprint density at radius 1 is 1.30 bits per heavy atom. The maximum absolute atomic E-state index is 12.0. The number of nitrogens with one attached hydrogen (secondary N) is 1. The first kappa shape index (κ1) is 16.0. The van der Waals surface area contributed by atoms with Crippen molar-refractivity contribution in [1.82, 2.24) is 5.32 Å². The van der Waals surface area contributed by atoms with Crippen molar-refractivity contribution >= 4 is 29.4 Å². The van der Waals surface area contributed by atoms with E-state index in [1.165, 1.54) is 6.07 Å². The van der Waals surface area contributed by atoms with Crippen LogP contribution in [0, 0.1) is 6.92 Å². The number of carboxylic acid groups (broad SMARTS) is 2. The molecule has 0 heterocycles. The number of rotatable bonds is 6. The van der Waals surface area contributed by atoms with E-state index >= 15 is 0 Å². The lowest BCUT2D eigenvalue weighted by Crippen LogP contribution is -2.41. The van der Waals surface area contributed by atoms with E-state index in [2.05, 4.69) is 5.32 Å². The molecule has 0 spiro atoms. The van der Waals surface area contributed by atoms with E-state index in [0.717, 1.165) is 0 Å². The van der Waals surface area contributed by atoms with Crippen LogP contribution in [0.5, 0.6) is 0 Å². The van der Waals surface area contributed by atoms with Gasteiger partial charge in [-0.1, -0.05) is 23.7 Å². The van der Waals surface area contributed by atoms with Crippen LogP contribution < -0.4 is 5.32 Å². The quantitative estimate of drug-likeness (QED) is 0.741. The van der Waals surface area contributed by atoms with Gasteiger partial charge in [0.25, 0.3) is 5.91 Å². The maximum atomic E-state index is 12.0. The summed E-state index contributed by atoms with van der Waals surface area (Å²) < 4.78 is 0. The standard InChI is InChI=1S/C13H14ClNO5/c1-7-3-2-4-8(11(7)14)12(18)15-9(13(19)20)5-6-10(16)17/h2-4,9H,5-6H2,1H3,(H,15,18)(H,16,17)(H,19,20)/t9-/m0/s1. The van der Waals surface area contributed by atoms with Crippen LogP contribution in [0.25, 0.3) is 0 Å². The summed E-state index contributed by atoms with van der Waals surface area (Å²) in [5, 5.41) is 20.0. The zero-order valence-corrected chi connectivity index (χ0v) is 11.5. The fourth-order valence-corrected chi connectivity index (χ4v) is 1.80. The van der Waals surface area contributed by atoms with Gasteiger partial charge in [0.15, 0.2) is 0 Å². The lowest BCUT2D eigenvalue weighted by atomic mass is 10.1. The second-order valence-corrected chi connectivity index (χ2v) is 4.61. The molecule has 0 aliphatic heterocycles. The minimum absolute atomic E-state index is 0.160. The molecule has 0 radical (unpaired) electrons. The van der Waals surface area contributed by atoms with Gasteiger partial charge in [0.1, 0.15) is 6.04 Å². The largest absolute Gasteiger partial charge is 0.481 e. The first-order chi connectivity index (χ1) is 9.32. The minimum atomic E-state index is -1.29. The van der Waals surface area contributed by atoms with Gasteiger partial charge in [-0.05, 0) is 25.0 Å². The summed E-state index contributed by atoms with van der Waals surface area (Å²) in [5.74, 6) is -3.06. The van der Waals surface area contributed by atoms with Crippen LogP contribution in [0.3, 0.4) is 0 Å². The van der Waals surface area contributed by atoms with Crippen LogP contribution in [0.15, 0.2) is 18.2 Å². The molecule has 1 amide bonds. The Morgan fingerprint density at radius 3 is 2.50 bits per heavy atom. The highest BCUT2D eigenvalue weighted by molar-refractivity contribution is 6.34. The number of aryl methyl sites for hydroxylation is 1. The minimum Gasteiger partial charge on any atom is -0.481 e. The summed E-state index contributed by atoms with van der Waals surface area (Å²) in [4.78, 5) is 33.4. The number of carboxylic acids is 2. The van der Waals surface area contributed by atoms with Crippen LogP contribution in [-0.4, -0.2) is 34.1 Å². The summed E-state index contributed by atoms with van der Waals surface area (Å²) in [6, 6.07) is 3.55. The fraction of sp³-hybridized carbons (Fsp3) is 0.308. The first-order valence-electron chi connectivity index (χ1n) is 5.83. The molecule has 0 saturated heterocycles. The number of carbonyl (C=O) groups excluding carboxylic acids is 1. The van der Waals surface area contributed by atoms with Gasteiger partial charge < -0.3 is 15.5 Å². The predicted molar refractivity (Wildman–Crippen MR) is 71.9 cm³/mol. The highest BCUT2D eigenvalue weighted by Crippen LogP contribution is 2.20. The molecule has 0 aliphatic carbocycles. The third kappa shape index (κ3) is 4.24. The fourth-order valence-electron chi connectivity index (χ4n) is 1.58. The Kier molecular flexibility index (Phi) is 5.52. The van der Waals surface area contributed by atoms with Gasteiger partial charge >= 0.3 is 11.9 Å². The number of hydrogen-bond acceptors (Lipinski definition) is 3. The molecule has 1 atom stereocenters. The second kappa shape index (κ2) is 6.91. The SMILES string of the molecule is Cc1cccc(C(=O)N[C@@H](CCC(=O)O)C(=O)O)c1Cl. The molecule has 0 bridgehead atoms. The number of hydrogen-bond donors (Lipinski definition) is 3. The average molecular weight is 300 g/mol. The van der Waals surface area contributed by atoms with Crippen LogP contribution >= 0.6 is 11.6 Å². The number of benzene rings is 1. The zero-order chi connectivity index (χ0) is 15.3. The van der Waals surface area contributed by atoms with Crippen LogP contribution in [0.1, 0.15) is 28.8 Å². The topological polar surface area (TPSA) is 104 Å². The van der Waals surface area contributed by atoms with E-state index in [-0.39, 0.29) is 23.4 Å². The molecule has 0 aliphatic rings. The average Bonchev–Trinajstić information content (AvgIpc) is 2.36. The first-order valence-corrected chi connectivity index (χ1v) is 6.21. The highest BCUT2D eigenvalue weighted by Gasteiger charge is 2.22. The van der Waals surface area contributed by atoms with Crippen molar-refractivity contribution in [1.29, 1.82) is 0 Å². The van der Waals surface area contributed by atoms with Gasteiger partial charge in [0.05, 0.1) is 10.6 Å². The van der Waals surface area contributed by atoms with Gasteiger partial charge in [0, 0.05) is 6.42 Å². The number of amides is 1. The third-order valence-electron chi connectivity index (χ3n) is 2.69. The third-order valence-corrected chi connectivity index (χ3v) is 3.19. The molecule has 0 saturated carbocycles. The summed E-state index contributed by atoms with van der Waals surface area (Å²) in [5.41, 5.74) is 0.852. The van der Waals surface area contributed by atoms with Crippen molar-refractivity contribution in [3.05, 3.63) is 34.3 Å². The summed E-state index contributed by atoms with van der Waals surface area (Å²) >= 11 is 5.98. The lowest BCUT2D eigenvalue weighted by molar-refractivity contribution is -0.140. The van der Waals surface area contributed by atoms with Crippen LogP contribution in [0.4, 0.5) is 0 Å². The van der Waals surface area contributed by atoms with E-state index in [4.69, 9.17) is 21.8 Å². The molecule has 0 fully saturated rings. The Hall–Kier alpha value is -2.08. The van der Waals surface area contributed by atoms with E-state index in [9.17, 15) is 14.4 Å². The van der Waals surface area contributed by atoms with Gasteiger partial charge in [-0.2, -0.15) is 0 Å². The van der Waals surface area contributed by atoms with Crippen molar-refractivity contribution in [2.45, 2.75) is 25.8 Å². The van der Waals surface area contributed by atoms with Crippen molar-refractivity contribution in [2.75, 3.05) is 0 Å². The molecular formula is C13H14ClNO5. The van der Waals surface area contributed by atoms with Crippen LogP contribution in [0.2, 0.25) is 5.02 Å². The van der Waals surface area contributed by atoms with Gasteiger partial charge in [-0.3, -0.25) is 9.59 Å². The molecule has 0 aromatic heterocycles. The molecular weight excluding hydrogens is 286 g/mol. The molecule has 0 unspecified atom stereocenters. The molecule has 6 nitrogen and oxygen atoms in total. The summed E-state index contributed by atoms with van der Waals surface area (Å²) in [6.45, 7) is 1.72. The molecule has 20 heavy (non-hydrogen) atoms. The Balaban J connectivity index is 2.83. The number of halogens is 1. The molecule has 7 heteroatoms. The van der Waals surface area contributed by atoms with Gasteiger partial charge in [0.2, 0.25) is 0 Å². The maximum Gasteiger partial charge on any atom is 0.326 e. The predicted octanol–water partition coefficient (Wildman–Crippen LogP) is 1.70. The van der Waals surface area contributed by atoms with Gasteiger partial charge in [-0.25, -0.2) is 4.79 Å². The smallest absolute Gasteiger partial charge is 0.326 e. The van der Waals surface area contributed by atoms with E-state index < -0.39 is 23.9 Å². The lowest BCUT2D eigenvalue weighted by Gasteiger charge is -2.14. The summed E-state index contributed by atoms with van der Waals surface area (Å²) in [6.07, 6.45) is -0.543. The zero-order valence-electron chi connectivity index (χ0n) is 10.7. The van der Waals surface area contributed by atoms with Crippen molar-refractivity contribution in [3.8, 4) is 0 Å². The molecule has 1 rings (SSSR count). The Labute approximate surface area is 120 Å². The van der Waals surface area contributed by atoms with E-state index in [1.54, 1.807) is 19.1 Å². The Morgan fingerprint density at radius 2 is 1.95 bits per heavy atom. The highest BCUT2D eigenvalue weighted by atomic mass is 35.5. The number of carbonyl (C=O) groups is 3.